The molecule has 2 N–H and O–H groups in total. The minimum absolute atomic E-state index is 0.125. The van der Waals surface area contributed by atoms with Crippen molar-refractivity contribution < 1.29 is 19.1 Å². The highest BCUT2D eigenvalue weighted by Gasteiger charge is 2.15. The Bertz CT molecular complexity index is 1020. The smallest absolute Gasteiger partial charge is 0.286 e. The average Bonchev–Trinajstić information content (AvgIpc) is 3.20. The Morgan fingerprint density at radius 1 is 1.03 bits per heavy atom. The van der Waals surface area contributed by atoms with E-state index in [0.29, 0.717) is 32.8 Å². The molecule has 3 rings (SSSR count). The highest BCUT2D eigenvalue weighted by Crippen LogP contribution is 2.22. The molecule has 8 nitrogen and oxygen atoms in total. The van der Waals surface area contributed by atoms with Crippen LogP contribution in [0, 0.1) is 0 Å². The van der Waals surface area contributed by atoms with E-state index >= 15 is 0 Å². The van der Waals surface area contributed by atoms with Crippen LogP contribution < -0.4 is 20.1 Å². The number of aromatic nitrogens is 2. The van der Waals surface area contributed by atoms with Crippen molar-refractivity contribution in [1.82, 2.24) is 15.5 Å². The molecule has 1 aromatic heterocycles. The van der Waals surface area contributed by atoms with E-state index < -0.39 is 5.91 Å². The van der Waals surface area contributed by atoms with Gasteiger partial charge in [-0.05, 0) is 30.3 Å². The maximum atomic E-state index is 12.4. The van der Waals surface area contributed by atoms with Gasteiger partial charge in [-0.25, -0.2) is 0 Å². The van der Waals surface area contributed by atoms with Gasteiger partial charge in [-0.2, -0.15) is 0 Å². The van der Waals surface area contributed by atoms with Crippen molar-refractivity contribution in [3.8, 4) is 11.5 Å². The van der Waals surface area contributed by atoms with Gasteiger partial charge in [-0.3, -0.25) is 9.59 Å². The standard InChI is InChI=1S/C19H17ClN4O4S/c1-27-14-6-11(7-15(9-14)28-2)17(25)21-10-16-23-24-19(29-16)18(26)22-13-5-3-4-12(20)8-13/h3-9H,10H2,1-2H3,(H,21,25)(H,22,26). The van der Waals surface area contributed by atoms with Gasteiger partial charge in [0.2, 0.25) is 5.01 Å². The van der Waals surface area contributed by atoms with Crippen LogP contribution in [0.5, 0.6) is 11.5 Å². The summed E-state index contributed by atoms with van der Waals surface area (Å²) < 4.78 is 10.3. The minimum Gasteiger partial charge on any atom is -0.497 e. The number of hydrogen-bond donors (Lipinski definition) is 2. The lowest BCUT2D eigenvalue weighted by molar-refractivity contribution is 0.0949. The second kappa shape index (κ2) is 9.35. The Morgan fingerprint density at radius 2 is 1.76 bits per heavy atom. The summed E-state index contributed by atoms with van der Waals surface area (Å²) in [7, 11) is 3.02. The number of benzene rings is 2. The molecule has 0 spiro atoms. The van der Waals surface area contributed by atoms with E-state index in [1.807, 2.05) is 0 Å². The number of nitrogens with zero attached hydrogens (tertiary/aromatic N) is 2. The summed E-state index contributed by atoms with van der Waals surface area (Å²) in [4.78, 5) is 24.7. The van der Waals surface area contributed by atoms with Crippen molar-refractivity contribution >= 4 is 40.4 Å². The number of rotatable bonds is 7. The molecule has 1 heterocycles. The molecule has 0 unspecified atom stereocenters. The number of halogens is 1. The second-order valence-electron chi connectivity index (χ2n) is 5.75. The lowest BCUT2D eigenvalue weighted by atomic mass is 10.2. The van der Waals surface area contributed by atoms with Gasteiger partial charge < -0.3 is 20.1 Å². The van der Waals surface area contributed by atoms with Gasteiger partial charge in [0.05, 0.1) is 20.8 Å². The van der Waals surface area contributed by atoms with E-state index in [1.54, 1.807) is 42.5 Å². The molecule has 0 bridgehead atoms. The minimum atomic E-state index is -0.403. The summed E-state index contributed by atoms with van der Waals surface area (Å²) in [5.41, 5.74) is 0.934. The molecule has 0 saturated carbocycles. The van der Waals surface area contributed by atoms with Gasteiger partial charge in [0.15, 0.2) is 0 Å². The van der Waals surface area contributed by atoms with Crippen LogP contribution >= 0.6 is 22.9 Å². The first-order valence-electron chi connectivity index (χ1n) is 8.39. The highest BCUT2D eigenvalue weighted by molar-refractivity contribution is 7.13. The zero-order chi connectivity index (χ0) is 20.8. The fourth-order valence-electron chi connectivity index (χ4n) is 2.36. The molecule has 10 heteroatoms. The Kier molecular flexibility index (Phi) is 6.63. The van der Waals surface area contributed by atoms with Crippen molar-refractivity contribution in [2.75, 3.05) is 19.5 Å². The molecule has 150 valence electrons. The lowest BCUT2D eigenvalue weighted by Gasteiger charge is -2.08. The molecule has 0 saturated heterocycles. The number of hydrogen-bond acceptors (Lipinski definition) is 7. The molecule has 0 radical (unpaired) electrons. The van der Waals surface area contributed by atoms with Gasteiger partial charge in [-0.1, -0.05) is 29.0 Å². The zero-order valence-electron chi connectivity index (χ0n) is 15.6. The van der Waals surface area contributed by atoms with Gasteiger partial charge in [0.1, 0.15) is 16.5 Å². The van der Waals surface area contributed by atoms with Crippen molar-refractivity contribution in [3.05, 3.63) is 63.1 Å². The maximum Gasteiger partial charge on any atom is 0.286 e. The molecule has 3 aromatic rings. The summed E-state index contributed by atoms with van der Waals surface area (Å²) in [6, 6.07) is 11.7. The number of methoxy groups -OCH3 is 2. The van der Waals surface area contributed by atoms with Crippen molar-refractivity contribution in [2.45, 2.75) is 6.54 Å². The molecular formula is C19H17ClN4O4S. The number of anilines is 1. The largest absolute Gasteiger partial charge is 0.497 e. The number of ether oxygens (including phenoxy) is 2. The SMILES string of the molecule is COc1cc(OC)cc(C(=O)NCc2nnc(C(=O)Nc3cccc(Cl)c3)s2)c1. The number of carbonyl (C=O) groups excluding carboxylic acids is 2. The molecule has 0 aliphatic heterocycles. The first-order valence-corrected chi connectivity index (χ1v) is 9.58. The average molecular weight is 433 g/mol. The third kappa shape index (κ3) is 5.43. The summed E-state index contributed by atoms with van der Waals surface area (Å²) >= 11 is 6.99. The van der Waals surface area contributed by atoms with Crippen LogP contribution in [-0.4, -0.2) is 36.2 Å². The predicted octanol–water partition coefficient (Wildman–Crippen LogP) is 3.39. The van der Waals surface area contributed by atoms with Crippen LogP contribution in [0.1, 0.15) is 25.2 Å². The first kappa shape index (κ1) is 20.6. The summed E-state index contributed by atoms with van der Waals surface area (Å²) in [5, 5.41) is 14.4. The van der Waals surface area contributed by atoms with Crippen LogP contribution in [0.3, 0.4) is 0 Å². The third-order valence-electron chi connectivity index (χ3n) is 3.76. The van der Waals surface area contributed by atoms with Gasteiger partial charge in [0, 0.05) is 22.3 Å². The van der Waals surface area contributed by atoms with Gasteiger partial charge >= 0.3 is 0 Å². The Hall–Kier alpha value is -3.17. The van der Waals surface area contributed by atoms with Crippen LogP contribution in [0.15, 0.2) is 42.5 Å². The molecule has 0 atom stereocenters. The van der Waals surface area contributed by atoms with Crippen LogP contribution in [0.4, 0.5) is 5.69 Å². The molecule has 0 aliphatic carbocycles. The van der Waals surface area contributed by atoms with Crippen molar-refractivity contribution in [2.24, 2.45) is 0 Å². The summed E-state index contributed by atoms with van der Waals surface area (Å²) in [5.74, 6) is 0.276. The van der Waals surface area contributed by atoms with E-state index in [4.69, 9.17) is 21.1 Å². The van der Waals surface area contributed by atoms with E-state index in [9.17, 15) is 9.59 Å². The number of nitrogens with one attached hydrogen (secondary N) is 2. The van der Waals surface area contributed by atoms with Crippen molar-refractivity contribution in [1.29, 1.82) is 0 Å². The molecule has 0 aliphatic rings. The third-order valence-corrected chi connectivity index (χ3v) is 4.91. The predicted molar refractivity (Wildman–Crippen MR) is 110 cm³/mol. The van der Waals surface area contributed by atoms with Gasteiger partial charge in [0.25, 0.3) is 11.8 Å². The van der Waals surface area contributed by atoms with Gasteiger partial charge in [-0.15, -0.1) is 10.2 Å². The van der Waals surface area contributed by atoms with E-state index in [0.717, 1.165) is 11.3 Å². The monoisotopic (exact) mass is 432 g/mol. The summed E-state index contributed by atoms with van der Waals surface area (Å²) in [6.07, 6.45) is 0. The quantitative estimate of drug-likeness (QED) is 0.593. The Morgan fingerprint density at radius 3 is 2.41 bits per heavy atom. The molecular weight excluding hydrogens is 416 g/mol. The second-order valence-corrected chi connectivity index (χ2v) is 7.25. The number of carbonyl (C=O) groups is 2. The molecule has 0 fully saturated rings. The Labute approximate surface area is 175 Å². The highest BCUT2D eigenvalue weighted by atomic mass is 35.5. The van der Waals surface area contributed by atoms with Crippen LogP contribution in [0.25, 0.3) is 0 Å². The van der Waals surface area contributed by atoms with Crippen LogP contribution in [-0.2, 0) is 6.54 Å². The van der Waals surface area contributed by atoms with E-state index in [2.05, 4.69) is 20.8 Å². The normalized spacial score (nSPS) is 10.3. The van der Waals surface area contributed by atoms with Crippen LogP contribution in [0.2, 0.25) is 5.02 Å². The fourth-order valence-corrected chi connectivity index (χ4v) is 3.23. The van der Waals surface area contributed by atoms with Crippen molar-refractivity contribution in [3.63, 3.8) is 0 Å². The topological polar surface area (TPSA) is 102 Å². The molecule has 2 amide bonds. The molecule has 2 aromatic carbocycles. The maximum absolute atomic E-state index is 12.4. The summed E-state index contributed by atoms with van der Waals surface area (Å²) in [6.45, 7) is 0.125. The van der Waals surface area contributed by atoms with E-state index in [-0.39, 0.29) is 17.5 Å². The zero-order valence-corrected chi connectivity index (χ0v) is 17.1. The number of amides is 2. The molecule has 29 heavy (non-hydrogen) atoms. The Balaban J connectivity index is 1.61. The fraction of sp³-hybridized carbons (Fsp3) is 0.158. The lowest BCUT2D eigenvalue weighted by Crippen LogP contribution is -2.22. The first-order chi connectivity index (χ1) is 14.0. The van der Waals surface area contributed by atoms with E-state index in [1.165, 1.54) is 14.2 Å².